The van der Waals surface area contributed by atoms with Gasteiger partial charge in [0.1, 0.15) is 0 Å². The number of unbranched alkanes of at least 4 members (excludes halogenated alkanes) is 7. The van der Waals surface area contributed by atoms with E-state index in [1.54, 1.807) is 0 Å². The minimum absolute atomic E-state index is 0.709. The largest absolute Gasteiger partial charge is 0.381 e. The minimum Gasteiger partial charge on any atom is -0.381 e. The number of hydrogen-bond acceptors (Lipinski definition) is 1. The number of alkyl halides is 1. The normalized spacial score (nSPS) is 25.1. The van der Waals surface area contributed by atoms with Crippen molar-refractivity contribution < 1.29 is 4.74 Å². The molecule has 0 aliphatic carbocycles. The van der Waals surface area contributed by atoms with E-state index in [-0.39, 0.29) is 0 Å². The maximum atomic E-state index is 5.54. The van der Waals surface area contributed by atoms with Crippen molar-refractivity contribution in [1.82, 2.24) is 0 Å². The van der Waals surface area contributed by atoms with Crippen LogP contribution in [0.5, 0.6) is 0 Å². The van der Waals surface area contributed by atoms with Crippen LogP contribution in [0.2, 0.25) is 0 Å². The lowest BCUT2D eigenvalue weighted by atomic mass is 9.95. The topological polar surface area (TPSA) is 9.23 Å². The number of halogens is 1. The van der Waals surface area contributed by atoms with Gasteiger partial charge in [-0.05, 0) is 18.8 Å². The molecule has 0 aromatic rings. The zero-order chi connectivity index (χ0) is 12.3. The van der Waals surface area contributed by atoms with Gasteiger partial charge in [-0.25, -0.2) is 0 Å². The maximum absolute atomic E-state index is 5.54. The van der Waals surface area contributed by atoms with E-state index in [2.05, 4.69) is 22.9 Å². The molecule has 0 bridgehead atoms. The molecule has 0 radical (unpaired) electrons. The highest BCUT2D eigenvalue weighted by atomic mass is 79.9. The van der Waals surface area contributed by atoms with E-state index in [9.17, 15) is 0 Å². The van der Waals surface area contributed by atoms with Gasteiger partial charge < -0.3 is 4.74 Å². The first-order valence-electron chi connectivity index (χ1n) is 7.56. The molecule has 0 saturated carbocycles. The highest BCUT2D eigenvalue weighted by Crippen LogP contribution is 2.26. The Hall–Kier alpha value is 0.440. The predicted octanol–water partition coefficient (Wildman–Crippen LogP) is 5.32. The van der Waals surface area contributed by atoms with Gasteiger partial charge in [-0.3, -0.25) is 0 Å². The first-order chi connectivity index (χ1) is 8.34. The lowest BCUT2D eigenvalue weighted by molar-refractivity contribution is 0.0563. The van der Waals surface area contributed by atoms with E-state index in [0.717, 1.165) is 19.1 Å². The fourth-order valence-electron chi connectivity index (χ4n) is 2.58. The summed E-state index contributed by atoms with van der Waals surface area (Å²) in [4.78, 5) is 0.709. The molecular weight excluding hydrogens is 276 g/mol. The summed E-state index contributed by atoms with van der Waals surface area (Å²) < 4.78 is 5.54. The summed E-state index contributed by atoms with van der Waals surface area (Å²) in [6.45, 7) is 4.21. The smallest absolute Gasteiger partial charge is 0.0504 e. The van der Waals surface area contributed by atoms with Crippen molar-refractivity contribution in [1.29, 1.82) is 0 Å². The Balaban J connectivity index is 1.86. The molecule has 1 aliphatic heterocycles. The van der Waals surface area contributed by atoms with Gasteiger partial charge in [-0.15, -0.1) is 0 Å². The van der Waals surface area contributed by atoms with E-state index in [4.69, 9.17) is 4.74 Å². The Morgan fingerprint density at radius 1 is 1.00 bits per heavy atom. The van der Waals surface area contributed by atoms with Crippen LogP contribution in [0.15, 0.2) is 0 Å². The summed E-state index contributed by atoms with van der Waals surface area (Å²) in [7, 11) is 0. The minimum atomic E-state index is 0.709. The molecule has 1 heterocycles. The third-order valence-electron chi connectivity index (χ3n) is 3.81. The van der Waals surface area contributed by atoms with Crippen molar-refractivity contribution in [3.8, 4) is 0 Å². The number of hydrogen-bond donors (Lipinski definition) is 0. The SMILES string of the molecule is CCCCCCCCCCC1COCCC1Br. The fourth-order valence-corrected chi connectivity index (χ4v) is 3.18. The van der Waals surface area contributed by atoms with Gasteiger partial charge in [0.2, 0.25) is 0 Å². The Kier molecular flexibility index (Phi) is 9.45. The third-order valence-corrected chi connectivity index (χ3v) is 5.02. The van der Waals surface area contributed by atoms with Gasteiger partial charge in [0.15, 0.2) is 0 Å². The van der Waals surface area contributed by atoms with E-state index < -0.39 is 0 Å². The molecule has 1 fully saturated rings. The van der Waals surface area contributed by atoms with Gasteiger partial charge >= 0.3 is 0 Å². The summed E-state index contributed by atoms with van der Waals surface area (Å²) in [6, 6.07) is 0. The molecule has 0 N–H and O–H groups in total. The Morgan fingerprint density at radius 3 is 2.29 bits per heavy atom. The molecule has 1 aliphatic rings. The monoisotopic (exact) mass is 304 g/mol. The van der Waals surface area contributed by atoms with Crippen molar-refractivity contribution in [3.63, 3.8) is 0 Å². The summed E-state index contributed by atoms with van der Waals surface area (Å²) in [5, 5.41) is 0. The van der Waals surface area contributed by atoms with E-state index in [0.29, 0.717) is 4.83 Å². The number of rotatable bonds is 9. The summed E-state index contributed by atoms with van der Waals surface area (Å²) in [5.74, 6) is 0.767. The van der Waals surface area contributed by atoms with Gasteiger partial charge in [-0.2, -0.15) is 0 Å². The molecule has 2 unspecified atom stereocenters. The van der Waals surface area contributed by atoms with Crippen molar-refractivity contribution in [2.75, 3.05) is 13.2 Å². The van der Waals surface area contributed by atoms with Crippen molar-refractivity contribution >= 4 is 15.9 Å². The molecule has 0 aromatic carbocycles. The van der Waals surface area contributed by atoms with Gasteiger partial charge in [0.25, 0.3) is 0 Å². The molecule has 1 nitrogen and oxygen atoms in total. The first-order valence-corrected chi connectivity index (χ1v) is 8.48. The average Bonchev–Trinajstić information content (AvgIpc) is 2.35. The Morgan fingerprint density at radius 2 is 1.65 bits per heavy atom. The highest BCUT2D eigenvalue weighted by molar-refractivity contribution is 9.09. The lowest BCUT2D eigenvalue weighted by Gasteiger charge is -2.27. The van der Waals surface area contributed by atoms with Crippen molar-refractivity contribution in [3.05, 3.63) is 0 Å². The molecular formula is C15H29BrO. The molecule has 1 rings (SSSR count). The van der Waals surface area contributed by atoms with Gasteiger partial charge in [0, 0.05) is 11.4 Å². The second kappa shape index (κ2) is 10.4. The van der Waals surface area contributed by atoms with Crippen LogP contribution in [-0.2, 0) is 4.74 Å². The van der Waals surface area contributed by atoms with Crippen LogP contribution < -0.4 is 0 Å². The molecule has 0 amide bonds. The predicted molar refractivity (Wildman–Crippen MR) is 78.9 cm³/mol. The average molecular weight is 305 g/mol. The second-order valence-corrected chi connectivity index (χ2v) is 6.58. The Bertz CT molecular complexity index is 172. The maximum Gasteiger partial charge on any atom is 0.0504 e. The second-order valence-electron chi connectivity index (χ2n) is 5.40. The van der Waals surface area contributed by atoms with Crippen LogP contribution in [0, 0.1) is 5.92 Å². The zero-order valence-electron chi connectivity index (χ0n) is 11.4. The lowest BCUT2D eigenvalue weighted by Crippen LogP contribution is -2.27. The van der Waals surface area contributed by atoms with Crippen LogP contribution in [0.4, 0.5) is 0 Å². The fraction of sp³-hybridized carbons (Fsp3) is 1.00. The van der Waals surface area contributed by atoms with E-state index >= 15 is 0 Å². The first kappa shape index (κ1) is 15.5. The molecule has 2 heteroatoms. The van der Waals surface area contributed by atoms with Gasteiger partial charge in [-0.1, -0.05) is 74.2 Å². The molecule has 2 atom stereocenters. The Labute approximate surface area is 116 Å². The van der Waals surface area contributed by atoms with E-state index in [1.807, 2.05) is 0 Å². The molecule has 17 heavy (non-hydrogen) atoms. The summed E-state index contributed by atoms with van der Waals surface area (Å²) in [6.07, 6.45) is 13.9. The molecule has 1 saturated heterocycles. The highest BCUT2D eigenvalue weighted by Gasteiger charge is 2.22. The zero-order valence-corrected chi connectivity index (χ0v) is 13.0. The number of ether oxygens (including phenoxy) is 1. The third kappa shape index (κ3) is 7.46. The molecule has 0 aromatic heterocycles. The van der Waals surface area contributed by atoms with Crippen molar-refractivity contribution in [2.24, 2.45) is 5.92 Å². The molecule has 102 valence electrons. The molecule has 0 spiro atoms. The summed E-state index contributed by atoms with van der Waals surface area (Å²) >= 11 is 3.79. The standard InChI is InChI=1S/C15H29BrO/c1-2-3-4-5-6-7-8-9-10-14-13-17-12-11-15(14)16/h14-15H,2-13H2,1H3. The van der Waals surface area contributed by atoms with Crippen LogP contribution >= 0.6 is 15.9 Å². The van der Waals surface area contributed by atoms with Crippen molar-refractivity contribution in [2.45, 2.75) is 76.0 Å². The van der Waals surface area contributed by atoms with E-state index in [1.165, 1.54) is 64.2 Å². The quantitative estimate of drug-likeness (QED) is 0.414. The van der Waals surface area contributed by atoms with Crippen LogP contribution in [0.1, 0.15) is 71.1 Å². The summed E-state index contributed by atoms with van der Waals surface area (Å²) in [5.41, 5.74) is 0. The van der Waals surface area contributed by atoms with Gasteiger partial charge in [0.05, 0.1) is 6.61 Å². The van der Waals surface area contributed by atoms with Crippen LogP contribution in [0.3, 0.4) is 0 Å². The van der Waals surface area contributed by atoms with Crippen LogP contribution in [-0.4, -0.2) is 18.0 Å². The van der Waals surface area contributed by atoms with Crippen LogP contribution in [0.25, 0.3) is 0 Å².